The first kappa shape index (κ1) is 24.7. The van der Waals surface area contributed by atoms with Crippen molar-refractivity contribution in [1.82, 2.24) is 20.6 Å². The standard InChI is InChI=1S/C24H33N7O4/c1-24(2)14-31(13-16-11-26-8-9-35-16)20-18(30(4)22(24)33)12-27-23(29-20)28-17-7-6-15(21(32)25-3)10-19(17)34-5/h6-7,10,12,16,26H,8-9,11,13-14H2,1-5H3,(H,25,32)(H,27,28,29). The third kappa shape index (κ3) is 5.15. The molecule has 0 aliphatic carbocycles. The number of methoxy groups -OCH3 is 1. The number of hydrogen-bond donors (Lipinski definition) is 3. The number of rotatable bonds is 6. The molecule has 35 heavy (non-hydrogen) atoms. The lowest BCUT2D eigenvalue weighted by molar-refractivity contribution is -0.125. The van der Waals surface area contributed by atoms with E-state index in [2.05, 4.69) is 25.8 Å². The number of fused-ring (bicyclic) bond motifs is 1. The number of aromatic nitrogens is 2. The Morgan fingerprint density at radius 2 is 2.17 bits per heavy atom. The number of amides is 2. The molecule has 0 bridgehead atoms. The fraction of sp³-hybridized carbons (Fsp3) is 0.500. The molecule has 1 aromatic heterocycles. The lowest BCUT2D eigenvalue weighted by Gasteiger charge is -2.33. The molecule has 2 aliphatic rings. The third-order valence-corrected chi connectivity index (χ3v) is 6.25. The van der Waals surface area contributed by atoms with Crippen molar-refractivity contribution in [1.29, 1.82) is 0 Å². The summed E-state index contributed by atoms with van der Waals surface area (Å²) in [5.74, 6) is 1.28. The highest BCUT2D eigenvalue weighted by molar-refractivity contribution is 6.01. The Labute approximate surface area is 205 Å². The molecule has 2 aliphatic heterocycles. The van der Waals surface area contributed by atoms with Crippen LogP contribution in [0.4, 0.5) is 23.1 Å². The minimum atomic E-state index is -0.621. The molecule has 3 N–H and O–H groups in total. The van der Waals surface area contributed by atoms with Crippen molar-refractivity contribution in [3.63, 3.8) is 0 Å². The summed E-state index contributed by atoms with van der Waals surface area (Å²) in [6.07, 6.45) is 1.64. The van der Waals surface area contributed by atoms with Gasteiger partial charge in [-0.3, -0.25) is 9.59 Å². The molecule has 0 radical (unpaired) electrons. The van der Waals surface area contributed by atoms with Crippen LogP contribution < -0.4 is 30.5 Å². The van der Waals surface area contributed by atoms with Crippen LogP contribution in [-0.2, 0) is 9.53 Å². The van der Waals surface area contributed by atoms with Gasteiger partial charge in [-0.1, -0.05) is 0 Å². The fourth-order valence-corrected chi connectivity index (χ4v) is 4.41. The number of nitrogens with one attached hydrogen (secondary N) is 3. The van der Waals surface area contributed by atoms with Crippen LogP contribution in [0.1, 0.15) is 24.2 Å². The van der Waals surface area contributed by atoms with Gasteiger partial charge in [-0.05, 0) is 32.0 Å². The van der Waals surface area contributed by atoms with Crippen molar-refractivity contribution in [2.45, 2.75) is 20.0 Å². The van der Waals surface area contributed by atoms with Crippen LogP contribution >= 0.6 is 0 Å². The number of ether oxygens (including phenoxy) is 2. The van der Waals surface area contributed by atoms with Crippen molar-refractivity contribution < 1.29 is 19.1 Å². The maximum Gasteiger partial charge on any atom is 0.251 e. The Morgan fingerprint density at radius 1 is 1.37 bits per heavy atom. The Kier molecular flexibility index (Phi) is 7.08. The molecule has 1 fully saturated rings. The molecule has 4 rings (SSSR count). The van der Waals surface area contributed by atoms with Crippen LogP contribution in [0.15, 0.2) is 24.4 Å². The van der Waals surface area contributed by atoms with Crippen LogP contribution in [0, 0.1) is 5.41 Å². The van der Waals surface area contributed by atoms with Crippen LogP contribution in [-0.4, -0.2) is 81.9 Å². The molecule has 11 nitrogen and oxygen atoms in total. The van der Waals surface area contributed by atoms with E-state index >= 15 is 0 Å². The van der Waals surface area contributed by atoms with Crippen molar-refractivity contribution in [3.05, 3.63) is 30.0 Å². The van der Waals surface area contributed by atoms with E-state index in [1.54, 1.807) is 43.4 Å². The van der Waals surface area contributed by atoms with Crippen molar-refractivity contribution in [2.75, 3.05) is 69.1 Å². The maximum atomic E-state index is 13.2. The molecule has 1 saturated heterocycles. The lowest BCUT2D eigenvalue weighted by atomic mass is 9.91. The van der Waals surface area contributed by atoms with E-state index in [0.29, 0.717) is 54.2 Å². The first-order chi connectivity index (χ1) is 16.7. The summed E-state index contributed by atoms with van der Waals surface area (Å²) >= 11 is 0. The van der Waals surface area contributed by atoms with Crippen LogP contribution in [0.5, 0.6) is 5.75 Å². The number of carbonyl (C=O) groups is 2. The highest BCUT2D eigenvalue weighted by Gasteiger charge is 2.39. The smallest absolute Gasteiger partial charge is 0.251 e. The van der Waals surface area contributed by atoms with Gasteiger partial charge in [-0.2, -0.15) is 4.98 Å². The number of carbonyl (C=O) groups excluding carboxylic acids is 2. The van der Waals surface area contributed by atoms with Gasteiger partial charge in [0.05, 0.1) is 37.1 Å². The minimum absolute atomic E-state index is 0.000273. The molecular formula is C24H33N7O4. The second-order valence-corrected chi connectivity index (χ2v) is 9.35. The van der Waals surface area contributed by atoms with Gasteiger partial charge in [0.1, 0.15) is 11.4 Å². The molecule has 0 saturated carbocycles. The third-order valence-electron chi connectivity index (χ3n) is 6.25. The average molecular weight is 484 g/mol. The summed E-state index contributed by atoms with van der Waals surface area (Å²) in [4.78, 5) is 38.2. The molecule has 1 aromatic carbocycles. The highest BCUT2D eigenvalue weighted by atomic mass is 16.5. The van der Waals surface area contributed by atoms with Crippen molar-refractivity contribution >= 4 is 35.0 Å². The highest BCUT2D eigenvalue weighted by Crippen LogP contribution is 2.37. The van der Waals surface area contributed by atoms with E-state index in [9.17, 15) is 9.59 Å². The monoisotopic (exact) mass is 483 g/mol. The number of hydrogen-bond acceptors (Lipinski definition) is 9. The van der Waals surface area contributed by atoms with Gasteiger partial charge in [0.25, 0.3) is 5.91 Å². The molecule has 3 heterocycles. The first-order valence-corrected chi connectivity index (χ1v) is 11.6. The van der Waals surface area contributed by atoms with Gasteiger partial charge in [-0.15, -0.1) is 0 Å². The summed E-state index contributed by atoms with van der Waals surface area (Å²) in [6.45, 7) is 7.18. The normalized spacial score (nSPS) is 19.6. The SMILES string of the molecule is CNC(=O)c1ccc(Nc2ncc3c(n2)N(CC2CNCCO2)CC(C)(C)C(=O)N3C)c(OC)c1. The van der Waals surface area contributed by atoms with Gasteiger partial charge in [0.2, 0.25) is 11.9 Å². The van der Waals surface area contributed by atoms with Gasteiger partial charge in [0, 0.05) is 45.8 Å². The van der Waals surface area contributed by atoms with Gasteiger partial charge in [0.15, 0.2) is 5.82 Å². The first-order valence-electron chi connectivity index (χ1n) is 11.6. The molecule has 1 atom stereocenters. The van der Waals surface area contributed by atoms with Crippen LogP contribution in [0.2, 0.25) is 0 Å². The lowest BCUT2D eigenvalue weighted by Crippen LogP contribution is -2.48. The number of anilines is 4. The van der Waals surface area contributed by atoms with E-state index in [0.717, 1.165) is 13.1 Å². The fourth-order valence-electron chi connectivity index (χ4n) is 4.41. The zero-order valence-electron chi connectivity index (χ0n) is 20.8. The predicted molar refractivity (Wildman–Crippen MR) is 134 cm³/mol. The molecule has 0 spiro atoms. The van der Waals surface area contributed by atoms with Gasteiger partial charge in [-0.25, -0.2) is 4.98 Å². The Balaban J connectivity index is 1.68. The Hall–Kier alpha value is -3.44. The van der Waals surface area contributed by atoms with Gasteiger partial charge >= 0.3 is 0 Å². The van der Waals surface area contributed by atoms with Gasteiger partial charge < -0.3 is 35.2 Å². The summed E-state index contributed by atoms with van der Waals surface area (Å²) in [5.41, 5.74) is 1.11. The number of morpholine rings is 1. The predicted octanol–water partition coefficient (Wildman–Crippen LogP) is 1.39. The van der Waals surface area contributed by atoms with E-state index in [1.807, 2.05) is 13.8 Å². The molecule has 2 aromatic rings. The summed E-state index contributed by atoms with van der Waals surface area (Å²) in [7, 11) is 4.87. The summed E-state index contributed by atoms with van der Waals surface area (Å²) in [6, 6.07) is 5.09. The van der Waals surface area contributed by atoms with E-state index < -0.39 is 5.41 Å². The largest absolute Gasteiger partial charge is 0.495 e. The zero-order valence-corrected chi connectivity index (χ0v) is 20.8. The number of nitrogens with zero attached hydrogens (tertiary/aromatic N) is 4. The van der Waals surface area contributed by atoms with Crippen LogP contribution in [0.25, 0.3) is 0 Å². The van der Waals surface area contributed by atoms with E-state index in [4.69, 9.17) is 14.5 Å². The quantitative estimate of drug-likeness (QED) is 0.560. The Morgan fingerprint density at radius 3 is 2.86 bits per heavy atom. The zero-order chi connectivity index (χ0) is 25.2. The summed E-state index contributed by atoms with van der Waals surface area (Å²) < 4.78 is 11.4. The molecule has 188 valence electrons. The minimum Gasteiger partial charge on any atom is -0.495 e. The molecule has 2 amide bonds. The molecule has 1 unspecified atom stereocenters. The second kappa shape index (κ2) is 10.0. The van der Waals surface area contributed by atoms with Crippen molar-refractivity contribution in [2.24, 2.45) is 5.41 Å². The average Bonchev–Trinajstić information content (AvgIpc) is 2.93. The second-order valence-electron chi connectivity index (χ2n) is 9.35. The van der Waals surface area contributed by atoms with Crippen LogP contribution in [0.3, 0.4) is 0 Å². The van der Waals surface area contributed by atoms with E-state index in [1.165, 1.54) is 7.11 Å². The van der Waals surface area contributed by atoms with E-state index in [-0.39, 0.29) is 17.9 Å². The topological polar surface area (TPSA) is 121 Å². The Bertz CT molecular complexity index is 1100. The maximum absolute atomic E-state index is 13.2. The van der Waals surface area contributed by atoms with Crippen molar-refractivity contribution in [3.8, 4) is 5.75 Å². The molecular weight excluding hydrogens is 450 g/mol. The molecule has 11 heteroatoms. The number of benzene rings is 1. The summed E-state index contributed by atoms with van der Waals surface area (Å²) in [5, 5.41) is 9.16.